The van der Waals surface area contributed by atoms with Crippen LogP contribution in [0.4, 0.5) is 9.52 Å². The Morgan fingerprint density at radius 3 is 2.59 bits per heavy atom. The molecule has 0 spiro atoms. The van der Waals surface area contributed by atoms with Crippen molar-refractivity contribution in [3.63, 3.8) is 0 Å². The predicted octanol–water partition coefficient (Wildman–Crippen LogP) is 4.88. The summed E-state index contributed by atoms with van der Waals surface area (Å²) in [6, 6.07) is 8.03. The number of carbonyl (C=O) groups excluding carboxylic acids is 1. The van der Waals surface area contributed by atoms with Gasteiger partial charge in [-0.25, -0.2) is 9.37 Å². The number of aryl methyl sites for hydroxylation is 2. The van der Waals surface area contributed by atoms with Crippen LogP contribution in [0.1, 0.15) is 20.1 Å². The third-order valence-electron chi connectivity index (χ3n) is 3.13. The van der Waals surface area contributed by atoms with E-state index in [2.05, 4.69) is 10.3 Å². The monoisotopic (exact) mass is 332 g/mol. The maximum Gasteiger partial charge on any atom is 0.258 e. The van der Waals surface area contributed by atoms with Crippen molar-refractivity contribution in [2.24, 2.45) is 0 Å². The van der Waals surface area contributed by atoms with Crippen LogP contribution in [0.15, 0.2) is 35.7 Å². The van der Waals surface area contributed by atoms with Gasteiger partial charge in [0.05, 0.1) is 11.3 Å². The topological polar surface area (TPSA) is 42.0 Å². The van der Waals surface area contributed by atoms with Gasteiger partial charge < -0.3 is 0 Å². The Kier molecular flexibility index (Phi) is 4.04. The van der Waals surface area contributed by atoms with Crippen LogP contribution < -0.4 is 5.32 Å². The summed E-state index contributed by atoms with van der Waals surface area (Å²) in [5.74, 6) is -0.443. The molecule has 0 aliphatic rings. The minimum atomic E-state index is -0.280. The van der Waals surface area contributed by atoms with Crippen molar-refractivity contribution >= 4 is 33.7 Å². The van der Waals surface area contributed by atoms with E-state index < -0.39 is 0 Å². The van der Waals surface area contributed by atoms with E-state index in [9.17, 15) is 9.18 Å². The molecule has 3 aromatic rings. The fourth-order valence-corrected chi connectivity index (χ4v) is 3.57. The van der Waals surface area contributed by atoms with Gasteiger partial charge in [0.25, 0.3) is 5.91 Å². The van der Waals surface area contributed by atoms with Crippen molar-refractivity contribution < 1.29 is 9.18 Å². The van der Waals surface area contributed by atoms with Crippen molar-refractivity contribution in [1.82, 2.24) is 4.98 Å². The number of thiophene rings is 1. The molecule has 1 aromatic carbocycles. The lowest BCUT2D eigenvalue weighted by atomic mass is 10.1. The van der Waals surface area contributed by atoms with Crippen molar-refractivity contribution in [3.8, 4) is 11.3 Å². The van der Waals surface area contributed by atoms with Crippen molar-refractivity contribution in [1.29, 1.82) is 0 Å². The van der Waals surface area contributed by atoms with Gasteiger partial charge >= 0.3 is 0 Å². The number of thiazole rings is 1. The molecule has 0 aliphatic carbocycles. The number of carbonyl (C=O) groups is 1. The number of aromatic nitrogens is 1. The van der Waals surface area contributed by atoms with Crippen LogP contribution in [0, 0.1) is 19.7 Å². The minimum Gasteiger partial charge on any atom is -0.298 e. The molecule has 0 fully saturated rings. The van der Waals surface area contributed by atoms with Crippen LogP contribution in [-0.2, 0) is 0 Å². The van der Waals surface area contributed by atoms with E-state index in [0.29, 0.717) is 10.7 Å². The van der Waals surface area contributed by atoms with E-state index in [1.807, 2.05) is 25.3 Å². The normalized spacial score (nSPS) is 10.7. The molecule has 2 aromatic heterocycles. The fourth-order valence-electron chi connectivity index (χ4n) is 2.06. The number of benzene rings is 1. The van der Waals surface area contributed by atoms with Gasteiger partial charge in [-0.1, -0.05) is 0 Å². The number of hydrogen-bond donors (Lipinski definition) is 1. The number of anilines is 1. The summed E-state index contributed by atoms with van der Waals surface area (Å²) in [6.07, 6.45) is 0. The summed E-state index contributed by atoms with van der Waals surface area (Å²) >= 11 is 2.95. The zero-order chi connectivity index (χ0) is 15.7. The summed E-state index contributed by atoms with van der Waals surface area (Å²) < 4.78 is 13.0. The molecule has 6 heteroatoms. The number of amides is 1. The minimum absolute atomic E-state index is 0.163. The Morgan fingerprint density at radius 1 is 1.23 bits per heavy atom. The van der Waals surface area contributed by atoms with Crippen LogP contribution in [0.25, 0.3) is 11.3 Å². The van der Waals surface area contributed by atoms with E-state index in [1.165, 1.54) is 34.8 Å². The van der Waals surface area contributed by atoms with E-state index in [-0.39, 0.29) is 11.7 Å². The van der Waals surface area contributed by atoms with Crippen molar-refractivity contribution in [2.75, 3.05) is 5.32 Å². The third-order valence-corrected chi connectivity index (χ3v) is 4.88. The summed E-state index contributed by atoms with van der Waals surface area (Å²) in [7, 11) is 0. The molecule has 0 bridgehead atoms. The van der Waals surface area contributed by atoms with Crippen molar-refractivity contribution in [2.45, 2.75) is 13.8 Å². The highest BCUT2D eigenvalue weighted by Crippen LogP contribution is 2.30. The molecule has 22 heavy (non-hydrogen) atoms. The molecule has 0 aliphatic heterocycles. The van der Waals surface area contributed by atoms with Crippen LogP contribution in [0.3, 0.4) is 0 Å². The second kappa shape index (κ2) is 5.98. The Hall–Kier alpha value is -2.05. The molecule has 0 saturated heterocycles. The molecule has 0 atom stereocenters. The van der Waals surface area contributed by atoms with E-state index in [4.69, 9.17) is 0 Å². The van der Waals surface area contributed by atoms with Crippen molar-refractivity contribution in [3.05, 3.63) is 56.8 Å². The van der Waals surface area contributed by atoms with Gasteiger partial charge in [0.15, 0.2) is 5.13 Å². The quantitative estimate of drug-likeness (QED) is 0.743. The highest BCUT2D eigenvalue weighted by Gasteiger charge is 2.14. The molecule has 1 N–H and O–H groups in total. The lowest BCUT2D eigenvalue weighted by Crippen LogP contribution is -2.10. The Morgan fingerprint density at radius 2 is 1.95 bits per heavy atom. The van der Waals surface area contributed by atoms with E-state index >= 15 is 0 Å². The summed E-state index contributed by atoms with van der Waals surface area (Å²) in [4.78, 5) is 18.7. The first-order valence-electron chi connectivity index (χ1n) is 6.63. The molecular formula is C16H13FN2OS2. The molecule has 2 heterocycles. The fraction of sp³-hybridized carbons (Fsp3) is 0.125. The maximum absolute atomic E-state index is 13.0. The van der Waals surface area contributed by atoms with Gasteiger partial charge in [0.2, 0.25) is 0 Å². The molecule has 1 amide bonds. The molecular weight excluding hydrogens is 319 g/mol. The highest BCUT2D eigenvalue weighted by atomic mass is 32.1. The number of rotatable bonds is 3. The summed E-state index contributed by atoms with van der Waals surface area (Å²) in [5.41, 5.74) is 2.24. The first-order valence-corrected chi connectivity index (χ1v) is 8.32. The number of hydrogen-bond acceptors (Lipinski definition) is 4. The molecule has 0 saturated carbocycles. The lowest BCUT2D eigenvalue weighted by molar-refractivity contribution is 0.102. The first-order chi connectivity index (χ1) is 10.5. The van der Waals surface area contributed by atoms with Gasteiger partial charge in [-0.15, -0.1) is 22.7 Å². The van der Waals surface area contributed by atoms with Gasteiger partial charge in [0.1, 0.15) is 5.82 Å². The van der Waals surface area contributed by atoms with Crippen LogP contribution in [0.2, 0.25) is 0 Å². The van der Waals surface area contributed by atoms with Gasteiger partial charge in [-0.2, -0.15) is 0 Å². The van der Waals surface area contributed by atoms with E-state index in [1.54, 1.807) is 12.1 Å². The Balaban J connectivity index is 1.83. The average Bonchev–Trinajstić information content (AvgIpc) is 3.06. The third kappa shape index (κ3) is 3.08. The van der Waals surface area contributed by atoms with Gasteiger partial charge in [-0.05, 0) is 44.2 Å². The second-order valence-electron chi connectivity index (χ2n) is 4.83. The molecule has 0 radical (unpaired) electrons. The Bertz CT molecular complexity index is 821. The van der Waals surface area contributed by atoms with Crippen LogP contribution >= 0.6 is 22.7 Å². The zero-order valence-corrected chi connectivity index (χ0v) is 13.6. The standard InChI is InChI=1S/C16H13FN2OS2/c1-9-7-12(8-21-9)15(20)19-16-18-14(10(2)22-16)11-3-5-13(17)6-4-11/h3-8H,1-2H3,(H,18,19,20). The molecule has 3 rings (SSSR count). The SMILES string of the molecule is Cc1cc(C(=O)Nc2nc(-c3ccc(F)cc3)c(C)s2)cs1. The lowest BCUT2D eigenvalue weighted by Gasteiger charge is -1.99. The first kappa shape index (κ1) is 14.9. The second-order valence-corrected chi connectivity index (χ2v) is 7.15. The largest absolute Gasteiger partial charge is 0.298 e. The van der Waals surface area contributed by atoms with Crippen LogP contribution in [0.5, 0.6) is 0 Å². The molecule has 3 nitrogen and oxygen atoms in total. The molecule has 112 valence electrons. The zero-order valence-electron chi connectivity index (χ0n) is 12.0. The maximum atomic E-state index is 13.0. The number of nitrogens with one attached hydrogen (secondary N) is 1. The van der Waals surface area contributed by atoms with E-state index in [0.717, 1.165) is 21.0 Å². The smallest absolute Gasteiger partial charge is 0.258 e. The predicted molar refractivity (Wildman–Crippen MR) is 89.3 cm³/mol. The number of nitrogens with zero attached hydrogens (tertiary/aromatic N) is 1. The Labute approximate surface area is 135 Å². The average molecular weight is 332 g/mol. The number of halogens is 1. The van der Waals surface area contributed by atoms with Crippen LogP contribution in [-0.4, -0.2) is 10.9 Å². The van der Waals surface area contributed by atoms with Gasteiger partial charge in [-0.3, -0.25) is 10.1 Å². The highest BCUT2D eigenvalue weighted by molar-refractivity contribution is 7.16. The summed E-state index contributed by atoms with van der Waals surface area (Å²) in [6.45, 7) is 3.89. The summed E-state index contributed by atoms with van der Waals surface area (Å²) in [5, 5.41) is 5.19. The van der Waals surface area contributed by atoms with Gasteiger partial charge in [0, 0.05) is 20.7 Å². The molecule has 0 unspecified atom stereocenters.